The van der Waals surface area contributed by atoms with Gasteiger partial charge in [0.25, 0.3) is 0 Å². The van der Waals surface area contributed by atoms with Crippen LogP contribution in [-0.4, -0.2) is 50.8 Å². The molecule has 162 valence electrons. The summed E-state index contributed by atoms with van der Waals surface area (Å²) in [5.74, 6) is 1.38. The summed E-state index contributed by atoms with van der Waals surface area (Å²) in [5, 5.41) is 6.14. The summed E-state index contributed by atoms with van der Waals surface area (Å²) in [5.41, 5.74) is 2.63. The number of carbonyl (C=O) groups is 2. The second kappa shape index (κ2) is 8.74. The molecule has 2 aliphatic heterocycles. The van der Waals surface area contributed by atoms with Gasteiger partial charge in [-0.2, -0.15) is 0 Å². The highest BCUT2D eigenvalue weighted by molar-refractivity contribution is 5.91. The van der Waals surface area contributed by atoms with Crippen molar-refractivity contribution < 1.29 is 9.59 Å². The molecular formula is C24H24N6O2. The Morgan fingerprint density at radius 3 is 2.72 bits per heavy atom. The quantitative estimate of drug-likeness (QED) is 0.648. The Morgan fingerprint density at radius 1 is 1.09 bits per heavy atom. The lowest BCUT2D eigenvalue weighted by Crippen LogP contribution is -2.43. The Morgan fingerprint density at radius 2 is 1.97 bits per heavy atom. The molecular weight excluding hydrogens is 404 g/mol. The third-order valence-electron chi connectivity index (χ3n) is 5.91. The van der Waals surface area contributed by atoms with Gasteiger partial charge in [-0.1, -0.05) is 18.2 Å². The van der Waals surface area contributed by atoms with Crippen molar-refractivity contribution in [1.29, 1.82) is 0 Å². The minimum absolute atomic E-state index is 0.00982. The number of benzene rings is 1. The maximum absolute atomic E-state index is 12.8. The first kappa shape index (κ1) is 20.1. The van der Waals surface area contributed by atoms with E-state index < -0.39 is 6.04 Å². The number of nitrogens with zero attached hydrogens (tertiary/aromatic N) is 4. The molecule has 32 heavy (non-hydrogen) atoms. The van der Waals surface area contributed by atoms with Crippen molar-refractivity contribution in [2.45, 2.75) is 31.2 Å². The average Bonchev–Trinajstić information content (AvgIpc) is 3.49. The Kier molecular flexibility index (Phi) is 5.49. The molecule has 0 spiro atoms. The van der Waals surface area contributed by atoms with Crippen LogP contribution in [0.3, 0.4) is 0 Å². The molecule has 5 rings (SSSR count). The number of nitrogens with one attached hydrogen (secondary N) is 2. The summed E-state index contributed by atoms with van der Waals surface area (Å²) < 4.78 is 0. The first-order valence-electron chi connectivity index (χ1n) is 10.9. The van der Waals surface area contributed by atoms with Crippen LogP contribution in [0.1, 0.15) is 31.0 Å². The van der Waals surface area contributed by atoms with E-state index in [0.717, 1.165) is 23.4 Å². The minimum atomic E-state index is -0.404. The number of likely N-dealkylation sites (tertiary alicyclic amines) is 1. The Balaban J connectivity index is 1.40. The van der Waals surface area contributed by atoms with Crippen molar-refractivity contribution in [2.75, 3.05) is 18.4 Å². The second-order valence-corrected chi connectivity index (χ2v) is 8.16. The number of anilines is 2. The number of hydrogen-bond acceptors (Lipinski definition) is 6. The fraction of sp³-hybridized carbons (Fsp3) is 0.292. The van der Waals surface area contributed by atoms with E-state index in [-0.39, 0.29) is 17.7 Å². The van der Waals surface area contributed by atoms with Gasteiger partial charge in [0.15, 0.2) is 0 Å². The molecule has 0 saturated carbocycles. The van der Waals surface area contributed by atoms with Crippen molar-refractivity contribution in [3.05, 3.63) is 66.7 Å². The number of amides is 2. The summed E-state index contributed by atoms with van der Waals surface area (Å²) in [4.78, 5) is 40.0. The zero-order valence-electron chi connectivity index (χ0n) is 17.6. The van der Waals surface area contributed by atoms with Crippen molar-refractivity contribution in [3.63, 3.8) is 0 Å². The van der Waals surface area contributed by atoms with Gasteiger partial charge in [0.05, 0.1) is 5.69 Å². The number of aromatic nitrogens is 3. The van der Waals surface area contributed by atoms with Crippen molar-refractivity contribution in [3.8, 4) is 11.3 Å². The summed E-state index contributed by atoms with van der Waals surface area (Å²) in [6.45, 7) is 1.18. The van der Waals surface area contributed by atoms with Crippen molar-refractivity contribution in [1.82, 2.24) is 25.2 Å². The fourth-order valence-corrected chi connectivity index (χ4v) is 4.23. The van der Waals surface area contributed by atoms with Crippen molar-refractivity contribution in [2.24, 2.45) is 0 Å². The average molecular weight is 428 g/mol. The molecule has 2 N–H and O–H groups in total. The molecule has 2 saturated heterocycles. The highest BCUT2D eigenvalue weighted by Crippen LogP contribution is 2.30. The number of pyridine rings is 1. The molecule has 0 radical (unpaired) electrons. The molecule has 2 aliphatic rings. The predicted molar refractivity (Wildman–Crippen MR) is 120 cm³/mol. The predicted octanol–water partition coefficient (Wildman–Crippen LogP) is 2.88. The van der Waals surface area contributed by atoms with Crippen LogP contribution < -0.4 is 10.6 Å². The molecule has 0 aliphatic carbocycles. The third-order valence-corrected chi connectivity index (χ3v) is 5.91. The Bertz CT molecular complexity index is 1120. The summed E-state index contributed by atoms with van der Waals surface area (Å²) in [6.07, 6.45) is 5.28. The van der Waals surface area contributed by atoms with E-state index in [1.165, 1.54) is 0 Å². The van der Waals surface area contributed by atoms with Gasteiger partial charge >= 0.3 is 0 Å². The van der Waals surface area contributed by atoms with Gasteiger partial charge in [0.1, 0.15) is 17.7 Å². The smallest absolute Gasteiger partial charge is 0.245 e. The van der Waals surface area contributed by atoms with Crippen LogP contribution in [0.25, 0.3) is 11.3 Å². The van der Waals surface area contributed by atoms with Crippen LogP contribution in [0.2, 0.25) is 0 Å². The Labute approximate surface area is 186 Å². The highest BCUT2D eigenvalue weighted by atomic mass is 16.2. The van der Waals surface area contributed by atoms with Crippen LogP contribution in [0.5, 0.6) is 0 Å². The molecule has 0 bridgehead atoms. The molecule has 1 unspecified atom stereocenters. The normalized spacial score (nSPS) is 20.2. The van der Waals surface area contributed by atoms with Gasteiger partial charge in [0.2, 0.25) is 11.8 Å². The van der Waals surface area contributed by atoms with Crippen LogP contribution in [0.4, 0.5) is 11.5 Å². The number of para-hydroxylation sites is 1. The molecule has 2 aromatic heterocycles. The largest absolute Gasteiger partial charge is 0.344 e. The molecule has 1 aromatic carbocycles. The number of carbonyl (C=O) groups excluding carboxylic acids is 2. The second-order valence-electron chi connectivity index (χ2n) is 8.16. The molecule has 8 nitrogen and oxygen atoms in total. The zero-order chi connectivity index (χ0) is 21.9. The van der Waals surface area contributed by atoms with Crippen LogP contribution in [0.15, 0.2) is 60.9 Å². The summed E-state index contributed by atoms with van der Waals surface area (Å²) in [7, 11) is 0. The van der Waals surface area contributed by atoms with Gasteiger partial charge in [-0.3, -0.25) is 14.6 Å². The molecule has 3 aromatic rings. The van der Waals surface area contributed by atoms with E-state index in [9.17, 15) is 9.59 Å². The van der Waals surface area contributed by atoms with E-state index in [1.54, 1.807) is 12.4 Å². The van der Waals surface area contributed by atoms with E-state index in [1.807, 2.05) is 53.4 Å². The molecule has 2 atom stereocenters. The maximum atomic E-state index is 12.8. The lowest BCUT2D eigenvalue weighted by molar-refractivity contribution is -0.133. The van der Waals surface area contributed by atoms with E-state index in [0.29, 0.717) is 37.6 Å². The van der Waals surface area contributed by atoms with Gasteiger partial charge < -0.3 is 15.5 Å². The monoisotopic (exact) mass is 428 g/mol. The fourth-order valence-electron chi connectivity index (χ4n) is 4.23. The molecule has 2 amide bonds. The lowest BCUT2D eigenvalue weighted by Gasteiger charge is -2.20. The summed E-state index contributed by atoms with van der Waals surface area (Å²) >= 11 is 0. The maximum Gasteiger partial charge on any atom is 0.245 e. The molecule has 4 heterocycles. The SMILES string of the molecule is O=C1CC[C@@H](C(=O)N2CCC(c3nc(Nc4ccccc4)cc(-c4cccnc4)n3)C2)N1. The minimum Gasteiger partial charge on any atom is -0.344 e. The summed E-state index contributed by atoms with van der Waals surface area (Å²) in [6, 6.07) is 15.2. The van der Waals surface area contributed by atoms with Gasteiger partial charge in [0, 0.05) is 55.1 Å². The lowest BCUT2D eigenvalue weighted by atomic mass is 10.1. The topological polar surface area (TPSA) is 100 Å². The van der Waals surface area contributed by atoms with Crippen LogP contribution in [0, 0.1) is 0 Å². The van der Waals surface area contributed by atoms with Crippen LogP contribution >= 0.6 is 0 Å². The van der Waals surface area contributed by atoms with Crippen molar-refractivity contribution >= 4 is 23.3 Å². The van der Waals surface area contributed by atoms with Gasteiger partial charge in [-0.05, 0) is 37.1 Å². The first-order valence-corrected chi connectivity index (χ1v) is 10.9. The molecule has 2 fully saturated rings. The van der Waals surface area contributed by atoms with Gasteiger partial charge in [-0.25, -0.2) is 9.97 Å². The highest BCUT2D eigenvalue weighted by Gasteiger charge is 2.35. The van der Waals surface area contributed by atoms with Gasteiger partial charge in [-0.15, -0.1) is 0 Å². The van der Waals surface area contributed by atoms with E-state index in [2.05, 4.69) is 15.6 Å². The number of rotatable bonds is 5. The first-order chi connectivity index (χ1) is 15.7. The Hall–Kier alpha value is -3.81. The standard InChI is InChI=1S/C24H24N6O2/c31-22-9-8-19(27-22)24(32)30-12-10-17(15-30)23-28-20(16-5-4-11-25-14-16)13-21(29-23)26-18-6-2-1-3-7-18/h1-7,11,13-14,17,19H,8-10,12,15H2,(H,27,31)(H,26,28,29)/t17?,19-/m0/s1. The third kappa shape index (κ3) is 4.30. The molecule has 8 heteroatoms. The zero-order valence-corrected chi connectivity index (χ0v) is 17.6. The van der Waals surface area contributed by atoms with E-state index >= 15 is 0 Å². The van der Waals surface area contributed by atoms with E-state index in [4.69, 9.17) is 9.97 Å². The van der Waals surface area contributed by atoms with Crippen LogP contribution in [-0.2, 0) is 9.59 Å². The number of hydrogen-bond donors (Lipinski definition) is 2.